The standard InChI is InChI=1S/C54H77N9O8S/c1-38-34-57-53(61-49(38)55-24-12-25-62(6)51(66)42-15-9-16-42)59-43-17-10-18-44(33-43)71-32-14-30-69-28-8-7-27-68-29-13-31-70-36-46(64)60-48(54(3,4)5)52(67)63-26-11-19-45(63)50(65)56-35-40-20-22-41(23-21-40)47-39(2)58-37-72-47/h10,17-18,20-23,33-34,37,42,45,48H,7-9,11-16,19,24-32,35-36H2,1-6H3,(H,56,65)(H,60,64)(H2,55,57,59,61)/t45-,48?/m0/s1. The second-order valence-corrected chi connectivity index (χ2v) is 20.7. The largest absolute Gasteiger partial charge is 0.493 e. The predicted octanol–water partition coefficient (Wildman–Crippen LogP) is 7.85. The molecule has 1 unspecified atom stereocenters. The Bertz CT molecular complexity index is 2340. The summed E-state index contributed by atoms with van der Waals surface area (Å²) in [5.41, 5.74) is 6.06. The zero-order valence-corrected chi connectivity index (χ0v) is 44.1. The number of carbonyl (C=O) groups excluding carboxylic acids is 4. The molecule has 3 heterocycles. The van der Waals surface area contributed by atoms with E-state index in [-0.39, 0.29) is 36.2 Å². The van der Waals surface area contributed by atoms with Gasteiger partial charge in [0.2, 0.25) is 29.6 Å². The van der Waals surface area contributed by atoms with Crippen LogP contribution in [-0.4, -0.2) is 133 Å². The first-order chi connectivity index (χ1) is 34.8. The Labute approximate surface area is 429 Å². The van der Waals surface area contributed by atoms with Crippen LogP contribution >= 0.6 is 11.3 Å². The minimum absolute atomic E-state index is 0.175. The molecular formula is C54H77N9O8S. The van der Waals surface area contributed by atoms with Crippen molar-refractivity contribution in [3.05, 3.63) is 77.1 Å². The minimum Gasteiger partial charge on any atom is -0.493 e. The molecule has 2 aliphatic rings. The Balaban J connectivity index is 0.765. The average molecular weight is 1010 g/mol. The number of hydrogen-bond acceptors (Lipinski definition) is 14. The van der Waals surface area contributed by atoms with Gasteiger partial charge in [-0.15, -0.1) is 11.3 Å². The monoisotopic (exact) mass is 1010 g/mol. The van der Waals surface area contributed by atoms with Crippen LogP contribution < -0.4 is 26.0 Å². The Morgan fingerprint density at radius 1 is 0.861 bits per heavy atom. The van der Waals surface area contributed by atoms with Crippen LogP contribution in [0.1, 0.15) is 102 Å². The first-order valence-corrected chi connectivity index (χ1v) is 26.6. The lowest BCUT2D eigenvalue weighted by molar-refractivity contribution is -0.144. The predicted molar refractivity (Wildman–Crippen MR) is 281 cm³/mol. The minimum atomic E-state index is -0.818. The maximum absolute atomic E-state index is 13.9. The Hall–Kier alpha value is -5.69. The van der Waals surface area contributed by atoms with E-state index in [0.29, 0.717) is 91.0 Å². The van der Waals surface area contributed by atoms with Gasteiger partial charge in [0.05, 0.1) is 22.7 Å². The molecule has 72 heavy (non-hydrogen) atoms. The van der Waals surface area contributed by atoms with E-state index >= 15 is 0 Å². The molecule has 2 aromatic carbocycles. The lowest BCUT2D eigenvalue weighted by Gasteiger charge is -2.35. The summed E-state index contributed by atoms with van der Waals surface area (Å²) in [5.74, 6) is 1.63. The van der Waals surface area contributed by atoms with Crippen molar-refractivity contribution >= 4 is 52.4 Å². The molecule has 18 heteroatoms. The number of nitrogens with zero attached hydrogens (tertiary/aromatic N) is 5. The molecule has 1 saturated heterocycles. The van der Waals surface area contributed by atoms with Gasteiger partial charge in [0, 0.05) is 102 Å². The van der Waals surface area contributed by atoms with Gasteiger partial charge >= 0.3 is 0 Å². The van der Waals surface area contributed by atoms with Crippen LogP contribution in [-0.2, 0) is 39.9 Å². The molecule has 0 bridgehead atoms. The molecule has 392 valence electrons. The van der Waals surface area contributed by atoms with Gasteiger partial charge in [-0.2, -0.15) is 4.98 Å². The van der Waals surface area contributed by atoms with E-state index < -0.39 is 17.5 Å². The fourth-order valence-electron chi connectivity index (χ4n) is 8.45. The van der Waals surface area contributed by atoms with Crippen molar-refractivity contribution in [1.82, 2.24) is 35.4 Å². The number of benzene rings is 2. The fourth-order valence-corrected chi connectivity index (χ4v) is 9.26. The SMILES string of the molecule is Cc1cnc(Nc2cccc(OCCCOCCCCOCCCOCC(=O)NC(C(=O)N3CCC[C@H]3C(=O)NCc3ccc(-c4scnc4C)cc3)C(C)(C)C)c2)nc1NCCCN(C)C(=O)C1CCC1. The first kappa shape index (κ1) is 55.6. The molecule has 4 N–H and O–H groups in total. The molecule has 4 aromatic rings. The van der Waals surface area contributed by atoms with Crippen molar-refractivity contribution in [2.24, 2.45) is 11.3 Å². The lowest BCUT2D eigenvalue weighted by Crippen LogP contribution is -2.58. The number of hydrogen-bond donors (Lipinski definition) is 4. The summed E-state index contributed by atoms with van der Waals surface area (Å²) in [6.07, 6.45) is 10.2. The van der Waals surface area contributed by atoms with Gasteiger partial charge in [-0.25, -0.2) is 9.97 Å². The lowest BCUT2D eigenvalue weighted by atomic mass is 9.84. The number of rotatable bonds is 30. The van der Waals surface area contributed by atoms with Crippen molar-refractivity contribution < 1.29 is 38.1 Å². The second kappa shape index (κ2) is 28.5. The van der Waals surface area contributed by atoms with Crippen LogP contribution in [0.4, 0.5) is 17.5 Å². The van der Waals surface area contributed by atoms with E-state index in [1.54, 1.807) is 22.4 Å². The molecule has 2 fully saturated rings. The molecule has 6 rings (SSSR count). The molecule has 1 aliphatic heterocycles. The molecule has 0 spiro atoms. The number of carbonyl (C=O) groups is 4. The summed E-state index contributed by atoms with van der Waals surface area (Å²) >= 11 is 1.60. The topological polar surface area (TPSA) is 198 Å². The molecule has 4 amide bonds. The summed E-state index contributed by atoms with van der Waals surface area (Å²) in [5, 5.41) is 12.6. The third-order valence-corrected chi connectivity index (χ3v) is 13.9. The number of aryl methyl sites for hydroxylation is 2. The maximum atomic E-state index is 13.9. The molecule has 1 saturated carbocycles. The van der Waals surface area contributed by atoms with Gasteiger partial charge in [-0.3, -0.25) is 19.2 Å². The number of likely N-dealkylation sites (tertiary alicyclic amines) is 1. The number of thiazole rings is 1. The second-order valence-electron chi connectivity index (χ2n) is 19.8. The van der Waals surface area contributed by atoms with E-state index in [1.807, 2.05) is 101 Å². The van der Waals surface area contributed by atoms with Gasteiger partial charge < -0.3 is 50.0 Å². The summed E-state index contributed by atoms with van der Waals surface area (Å²) in [6, 6.07) is 14.4. The molecule has 2 aromatic heterocycles. The zero-order valence-electron chi connectivity index (χ0n) is 43.3. The van der Waals surface area contributed by atoms with E-state index in [1.165, 1.54) is 0 Å². The third-order valence-electron chi connectivity index (χ3n) is 12.9. The van der Waals surface area contributed by atoms with Crippen LogP contribution in [0.3, 0.4) is 0 Å². The van der Waals surface area contributed by atoms with Crippen LogP contribution in [0.2, 0.25) is 0 Å². The van der Waals surface area contributed by atoms with Crippen molar-refractivity contribution in [1.29, 1.82) is 0 Å². The smallest absolute Gasteiger partial charge is 0.246 e. The van der Waals surface area contributed by atoms with E-state index in [9.17, 15) is 19.2 Å². The summed E-state index contributed by atoms with van der Waals surface area (Å²) < 4.78 is 23.2. The Kier molecular flexibility index (Phi) is 22.0. The average Bonchev–Trinajstić information content (AvgIpc) is 4.02. The number of anilines is 3. The Morgan fingerprint density at radius 2 is 1.58 bits per heavy atom. The van der Waals surface area contributed by atoms with Crippen molar-refractivity contribution in [3.8, 4) is 16.2 Å². The Morgan fingerprint density at radius 3 is 2.28 bits per heavy atom. The van der Waals surface area contributed by atoms with E-state index in [0.717, 1.165) is 89.5 Å². The molecule has 0 radical (unpaired) electrons. The van der Waals surface area contributed by atoms with Crippen LogP contribution in [0.15, 0.2) is 60.2 Å². The van der Waals surface area contributed by atoms with Gasteiger partial charge in [0.1, 0.15) is 30.3 Å². The number of nitrogens with one attached hydrogen (secondary N) is 4. The summed E-state index contributed by atoms with van der Waals surface area (Å²) in [4.78, 5) is 70.8. The van der Waals surface area contributed by atoms with E-state index in [4.69, 9.17) is 18.9 Å². The number of ether oxygens (including phenoxy) is 4. The summed E-state index contributed by atoms with van der Waals surface area (Å²) in [6.45, 7) is 14.9. The normalized spacial score (nSPS) is 15.1. The van der Waals surface area contributed by atoms with Gasteiger partial charge in [-0.05, 0) is 93.9 Å². The van der Waals surface area contributed by atoms with Crippen LogP contribution in [0.5, 0.6) is 5.75 Å². The van der Waals surface area contributed by atoms with Gasteiger partial charge in [0.25, 0.3) is 0 Å². The highest BCUT2D eigenvalue weighted by Crippen LogP contribution is 2.30. The fraction of sp³-hybridized carbons (Fsp3) is 0.574. The number of amides is 4. The highest BCUT2D eigenvalue weighted by atomic mass is 32.1. The van der Waals surface area contributed by atoms with E-state index in [2.05, 4.69) is 36.2 Å². The van der Waals surface area contributed by atoms with Gasteiger partial charge in [0.15, 0.2) is 0 Å². The van der Waals surface area contributed by atoms with Crippen LogP contribution in [0, 0.1) is 25.2 Å². The highest BCUT2D eigenvalue weighted by molar-refractivity contribution is 7.13. The highest BCUT2D eigenvalue weighted by Gasteiger charge is 2.42. The van der Waals surface area contributed by atoms with Crippen LogP contribution in [0.25, 0.3) is 10.4 Å². The van der Waals surface area contributed by atoms with Crippen molar-refractivity contribution in [2.75, 3.05) is 83.6 Å². The third kappa shape index (κ3) is 17.5. The number of aromatic nitrogens is 3. The molecule has 1 aliphatic carbocycles. The maximum Gasteiger partial charge on any atom is 0.246 e. The van der Waals surface area contributed by atoms with Gasteiger partial charge in [-0.1, -0.05) is 57.5 Å². The van der Waals surface area contributed by atoms with Crippen molar-refractivity contribution in [3.63, 3.8) is 0 Å². The quantitative estimate of drug-likeness (QED) is 0.0369. The first-order valence-electron chi connectivity index (χ1n) is 25.7. The van der Waals surface area contributed by atoms with Crippen molar-refractivity contribution in [2.45, 2.75) is 117 Å². The molecular weight excluding hydrogens is 935 g/mol. The molecule has 17 nitrogen and oxygen atoms in total. The summed E-state index contributed by atoms with van der Waals surface area (Å²) in [7, 11) is 1.89. The molecule has 2 atom stereocenters. The zero-order chi connectivity index (χ0) is 51.3. The number of unbranched alkanes of at least 4 members (excludes halogenated alkanes) is 1.